The molecule has 1 saturated carbocycles. The van der Waals surface area contributed by atoms with E-state index in [1.54, 1.807) is 29.0 Å². The highest BCUT2D eigenvalue weighted by Crippen LogP contribution is 2.56. The molecule has 0 bridgehead atoms. The average Bonchev–Trinajstić information content (AvgIpc) is 3.47. The third-order valence-electron chi connectivity index (χ3n) is 5.92. The van der Waals surface area contributed by atoms with Crippen molar-refractivity contribution in [3.8, 4) is 5.75 Å². The number of amides is 2. The van der Waals surface area contributed by atoms with Crippen LogP contribution in [0.3, 0.4) is 0 Å². The van der Waals surface area contributed by atoms with Gasteiger partial charge in [-0.05, 0) is 48.7 Å². The van der Waals surface area contributed by atoms with E-state index in [0.29, 0.717) is 34.9 Å². The molecule has 8 heteroatoms. The van der Waals surface area contributed by atoms with Gasteiger partial charge in [0.15, 0.2) is 16.5 Å². The molecule has 5 nitrogen and oxygen atoms in total. The van der Waals surface area contributed by atoms with Crippen LogP contribution in [0.4, 0.5) is 14.5 Å². The summed E-state index contributed by atoms with van der Waals surface area (Å²) >= 11 is 1.45. The summed E-state index contributed by atoms with van der Waals surface area (Å²) in [5, 5.41) is 0. The van der Waals surface area contributed by atoms with E-state index in [9.17, 15) is 18.4 Å². The maximum Gasteiger partial charge on any atom is 0.268 e. The van der Waals surface area contributed by atoms with Crippen molar-refractivity contribution in [3.63, 3.8) is 0 Å². The molecule has 2 aromatic rings. The van der Waals surface area contributed by atoms with Crippen molar-refractivity contribution >= 4 is 29.3 Å². The molecule has 2 amide bonds. The Hall–Kier alpha value is -2.61. The van der Waals surface area contributed by atoms with Crippen LogP contribution < -0.4 is 9.64 Å². The monoisotopic (exact) mass is 430 g/mol. The molecule has 2 aliphatic heterocycles. The van der Waals surface area contributed by atoms with Crippen molar-refractivity contribution in [2.24, 2.45) is 5.92 Å². The minimum Gasteiger partial charge on any atom is -0.497 e. The first-order valence-corrected chi connectivity index (χ1v) is 10.8. The van der Waals surface area contributed by atoms with Crippen LogP contribution in [0.25, 0.3) is 0 Å². The van der Waals surface area contributed by atoms with Crippen molar-refractivity contribution in [3.05, 3.63) is 59.2 Å². The molecule has 1 saturated heterocycles. The van der Waals surface area contributed by atoms with Gasteiger partial charge in [0, 0.05) is 23.8 Å². The van der Waals surface area contributed by atoms with E-state index in [0.717, 1.165) is 25.0 Å². The third-order valence-corrected chi connectivity index (χ3v) is 7.34. The molecule has 0 unspecified atom stereocenters. The minimum absolute atomic E-state index is 0.0109. The van der Waals surface area contributed by atoms with Crippen LogP contribution >= 0.6 is 11.8 Å². The second-order valence-corrected chi connectivity index (χ2v) is 9.07. The number of ether oxygens (including phenoxy) is 1. The van der Waals surface area contributed by atoms with E-state index >= 15 is 0 Å². The van der Waals surface area contributed by atoms with Crippen LogP contribution in [-0.2, 0) is 21.0 Å². The summed E-state index contributed by atoms with van der Waals surface area (Å²) in [5.74, 6) is -0.863. The van der Waals surface area contributed by atoms with Gasteiger partial charge in [0.1, 0.15) is 5.75 Å². The van der Waals surface area contributed by atoms with Gasteiger partial charge in [-0.15, -0.1) is 11.8 Å². The largest absolute Gasteiger partial charge is 0.497 e. The van der Waals surface area contributed by atoms with E-state index in [-0.39, 0.29) is 24.3 Å². The molecular weight excluding hydrogens is 410 g/mol. The molecule has 0 N–H and O–H groups in total. The first-order valence-electron chi connectivity index (χ1n) is 9.85. The fourth-order valence-electron chi connectivity index (χ4n) is 4.27. The van der Waals surface area contributed by atoms with Gasteiger partial charge in [-0.1, -0.05) is 6.07 Å². The second kappa shape index (κ2) is 6.97. The lowest BCUT2D eigenvalue weighted by atomic mass is 10.0. The fourth-order valence-corrected chi connectivity index (χ4v) is 5.73. The number of methoxy groups -OCH3 is 1. The molecular formula is C22H20F2N2O3S. The van der Waals surface area contributed by atoms with E-state index in [1.165, 1.54) is 17.8 Å². The first kappa shape index (κ1) is 19.4. The van der Waals surface area contributed by atoms with E-state index in [1.807, 2.05) is 6.07 Å². The highest BCUT2D eigenvalue weighted by atomic mass is 32.2. The molecule has 3 aliphatic rings. The average molecular weight is 430 g/mol. The smallest absolute Gasteiger partial charge is 0.268 e. The summed E-state index contributed by atoms with van der Waals surface area (Å²) in [6, 6.07) is 8.99. The standard InChI is InChI=1S/C22H20F2N2O3S/c1-29-15-5-7-19-16(11-15)22(26(8-9-30-22)20(27)14-3-4-14)21(28)25(19)12-13-2-6-17(23)18(24)10-13/h2,5-7,10-11,14H,3-4,8-9,12H2,1H3/t22-/m0/s1. The quantitative estimate of drug-likeness (QED) is 0.743. The maximum absolute atomic E-state index is 13.8. The summed E-state index contributed by atoms with van der Waals surface area (Å²) in [4.78, 5) is 29.0. The van der Waals surface area contributed by atoms with Gasteiger partial charge in [-0.3, -0.25) is 9.59 Å². The zero-order valence-electron chi connectivity index (χ0n) is 16.4. The van der Waals surface area contributed by atoms with Gasteiger partial charge in [0.05, 0.1) is 19.3 Å². The van der Waals surface area contributed by atoms with E-state index in [2.05, 4.69) is 0 Å². The van der Waals surface area contributed by atoms with Crippen molar-refractivity contribution < 1.29 is 23.1 Å². The number of benzene rings is 2. The molecule has 1 spiro atoms. The number of anilines is 1. The highest BCUT2D eigenvalue weighted by molar-refractivity contribution is 8.01. The van der Waals surface area contributed by atoms with Crippen molar-refractivity contribution in [1.29, 1.82) is 0 Å². The molecule has 0 radical (unpaired) electrons. The number of halogens is 2. The van der Waals surface area contributed by atoms with E-state index in [4.69, 9.17) is 4.74 Å². The molecule has 2 aromatic carbocycles. The Morgan fingerprint density at radius 2 is 2.00 bits per heavy atom. The Balaban J connectivity index is 1.60. The summed E-state index contributed by atoms with van der Waals surface area (Å²) in [5.41, 5.74) is 1.85. The predicted octanol–water partition coefficient (Wildman–Crippen LogP) is 3.66. The van der Waals surface area contributed by atoms with Crippen LogP contribution in [0.1, 0.15) is 24.0 Å². The number of hydrogen-bond acceptors (Lipinski definition) is 4. The van der Waals surface area contributed by atoms with Crippen LogP contribution in [0.15, 0.2) is 36.4 Å². The lowest BCUT2D eigenvalue weighted by Crippen LogP contribution is -2.50. The minimum atomic E-state index is -1.14. The van der Waals surface area contributed by atoms with Crippen molar-refractivity contribution in [1.82, 2.24) is 4.90 Å². The van der Waals surface area contributed by atoms with Crippen LogP contribution in [0.5, 0.6) is 5.75 Å². The molecule has 2 heterocycles. The zero-order valence-corrected chi connectivity index (χ0v) is 17.2. The van der Waals surface area contributed by atoms with Crippen molar-refractivity contribution in [2.45, 2.75) is 24.3 Å². The lowest BCUT2D eigenvalue weighted by Gasteiger charge is -2.33. The summed E-state index contributed by atoms with van der Waals surface area (Å²) in [6.45, 7) is 0.588. The molecule has 1 aliphatic carbocycles. The van der Waals surface area contributed by atoms with Gasteiger partial charge in [0.2, 0.25) is 5.91 Å². The zero-order chi connectivity index (χ0) is 21.0. The highest BCUT2D eigenvalue weighted by Gasteiger charge is 2.60. The number of rotatable bonds is 4. The number of hydrogen-bond donors (Lipinski definition) is 0. The Morgan fingerprint density at radius 1 is 1.20 bits per heavy atom. The number of fused-ring (bicyclic) bond motifs is 2. The third kappa shape index (κ3) is 2.80. The topological polar surface area (TPSA) is 49.9 Å². The number of thioether (sulfide) groups is 1. The first-order chi connectivity index (χ1) is 14.5. The van der Waals surface area contributed by atoms with Gasteiger partial charge < -0.3 is 14.5 Å². The lowest BCUT2D eigenvalue weighted by molar-refractivity contribution is -0.141. The number of nitrogens with zero attached hydrogens (tertiary/aromatic N) is 2. The van der Waals surface area contributed by atoms with Crippen LogP contribution in [0.2, 0.25) is 0 Å². The van der Waals surface area contributed by atoms with E-state index < -0.39 is 16.5 Å². The molecule has 156 valence electrons. The molecule has 1 atom stereocenters. The summed E-state index contributed by atoms with van der Waals surface area (Å²) in [6.07, 6.45) is 1.71. The van der Waals surface area contributed by atoms with Gasteiger partial charge in [-0.25, -0.2) is 8.78 Å². The Bertz CT molecular complexity index is 1060. The predicted molar refractivity (Wildman–Crippen MR) is 109 cm³/mol. The molecule has 30 heavy (non-hydrogen) atoms. The molecule has 5 rings (SSSR count). The molecule has 0 aromatic heterocycles. The summed E-state index contributed by atoms with van der Waals surface area (Å²) < 4.78 is 32.5. The SMILES string of the molecule is COc1ccc2c(c1)[C@]1(SCCN1C(=O)C1CC1)C(=O)N2Cc1ccc(F)c(F)c1. The summed E-state index contributed by atoms with van der Waals surface area (Å²) in [7, 11) is 1.55. The Labute approximate surface area is 177 Å². The number of carbonyl (C=O) groups excluding carboxylic acids is 2. The van der Waals surface area contributed by atoms with Crippen LogP contribution in [-0.4, -0.2) is 36.1 Å². The van der Waals surface area contributed by atoms with Gasteiger partial charge in [0.25, 0.3) is 5.91 Å². The fraction of sp³-hybridized carbons (Fsp3) is 0.364. The van der Waals surface area contributed by atoms with Crippen LogP contribution in [0, 0.1) is 17.6 Å². The normalized spacial score (nSPS) is 22.7. The Kier molecular flexibility index (Phi) is 4.50. The van der Waals surface area contributed by atoms with Gasteiger partial charge in [-0.2, -0.15) is 0 Å². The maximum atomic E-state index is 13.8. The van der Waals surface area contributed by atoms with Gasteiger partial charge >= 0.3 is 0 Å². The Morgan fingerprint density at radius 3 is 2.70 bits per heavy atom. The van der Waals surface area contributed by atoms with Crippen molar-refractivity contribution in [2.75, 3.05) is 24.3 Å². The second-order valence-electron chi connectivity index (χ2n) is 7.78. The molecule has 2 fully saturated rings. The number of carbonyl (C=O) groups is 2.